The third-order valence-electron chi connectivity index (χ3n) is 3.13. The van der Waals surface area contributed by atoms with Gasteiger partial charge in [0.2, 0.25) is 5.91 Å². The van der Waals surface area contributed by atoms with Crippen molar-refractivity contribution in [3.8, 4) is 0 Å². The highest BCUT2D eigenvalue weighted by Crippen LogP contribution is 2.31. The van der Waals surface area contributed by atoms with Gasteiger partial charge in [-0.3, -0.25) is 4.79 Å². The topological polar surface area (TPSA) is 32.3 Å². The fourth-order valence-electron chi connectivity index (χ4n) is 1.94. The SMILES string of the molecule is CNCCN(C)C(=O)C(C)(C)c1ccccc1Cl.Cl. The third kappa shape index (κ3) is 4.37. The van der Waals surface area contributed by atoms with E-state index in [1.165, 1.54) is 0 Å². The molecule has 0 bridgehead atoms. The first-order valence-corrected chi connectivity index (χ1v) is 6.44. The van der Waals surface area contributed by atoms with E-state index >= 15 is 0 Å². The van der Waals surface area contributed by atoms with Crippen molar-refractivity contribution in [3.05, 3.63) is 34.9 Å². The molecule has 0 unspecified atom stereocenters. The maximum Gasteiger partial charge on any atom is 0.232 e. The van der Waals surface area contributed by atoms with Crippen molar-refractivity contribution in [1.82, 2.24) is 10.2 Å². The van der Waals surface area contributed by atoms with Crippen LogP contribution < -0.4 is 5.32 Å². The molecule has 1 N–H and O–H groups in total. The summed E-state index contributed by atoms with van der Waals surface area (Å²) in [4.78, 5) is 14.2. The van der Waals surface area contributed by atoms with Crippen LogP contribution in [0, 0.1) is 0 Å². The Morgan fingerprint density at radius 1 is 1.37 bits per heavy atom. The molecule has 1 amide bonds. The van der Waals surface area contributed by atoms with E-state index in [4.69, 9.17) is 11.6 Å². The van der Waals surface area contributed by atoms with Gasteiger partial charge in [-0.2, -0.15) is 0 Å². The lowest BCUT2D eigenvalue weighted by molar-refractivity contribution is -0.134. The lowest BCUT2D eigenvalue weighted by Crippen LogP contribution is -2.43. The number of nitrogens with zero attached hydrogens (tertiary/aromatic N) is 1. The van der Waals surface area contributed by atoms with Crippen LogP contribution in [-0.2, 0) is 10.2 Å². The Labute approximate surface area is 126 Å². The summed E-state index contributed by atoms with van der Waals surface area (Å²) >= 11 is 6.18. The van der Waals surface area contributed by atoms with E-state index < -0.39 is 5.41 Å². The van der Waals surface area contributed by atoms with Crippen LogP contribution in [0.25, 0.3) is 0 Å². The molecule has 1 rings (SSSR count). The van der Waals surface area contributed by atoms with Crippen molar-refractivity contribution in [2.24, 2.45) is 0 Å². The van der Waals surface area contributed by atoms with Gasteiger partial charge in [0.25, 0.3) is 0 Å². The van der Waals surface area contributed by atoms with Crippen LogP contribution in [0.3, 0.4) is 0 Å². The summed E-state index contributed by atoms with van der Waals surface area (Å²) in [6.45, 7) is 5.28. The first kappa shape index (κ1) is 18.2. The summed E-state index contributed by atoms with van der Waals surface area (Å²) in [5.74, 6) is 0.0749. The molecule has 0 aliphatic rings. The van der Waals surface area contributed by atoms with E-state index in [9.17, 15) is 4.79 Å². The molecular weight excluding hydrogens is 283 g/mol. The van der Waals surface area contributed by atoms with Gasteiger partial charge >= 0.3 is 0 Å². The number of amides is 1. The summed E-state index contributed by atoms with van der Waals surface area (Å²) < 4.78 is 0. The normalized spacial score (nSPS) is 10.8. The predicted molar refractivity (Wildman–Crippen MR) is 83.3 cm³/mol. The number of carbonyl (C=O) groups excluding carboxylic acids is 1. The summed E-state index contributed by atoms with van der Waals surface area (Å²) in [7, 11) is 3.69. The minimum atomic E-state index is -0.610. The smallest absolute Gasteiger partial charge is 0.232 e. The van der Waals surface area contributed by atoms with Crippen molar-refractivity contribution in [3.63, 3.8) is 0 Å². The highest BCUT2D eigenvalue weighted by molar-refractivity contribution is 6.31. The van der Waals surface area contributed by atoms with Crippen molar-refractivity contribution < 1.29 is 4.79 Å². The highest BCUT2D eigenvalue weighted by Gasteiger charge is 2.33. The molecule has 19 heavy (non-hydrogen) atoms. The van der Waals surface area contributed by atoms with Crippen molar-refractivity contribution in [2.75, 3.05) is 27.2 Å². The molecule has 5 heteroatoms. The van der Waals surface area contributed by atoms with Crippen molar-refractivity contribution in [1.29, 1.82) is 0 Å². The monoisotopic (exact) mass is 304 g/mol. The van der Waals surface area contributed by atoms with Gasteiger partial charge < -0.3 is 10.2 Å². The molecule has 3 nitrogen and oxygen atoms in total. The van der Waals surface area contributed by atoms with Crippen LogP contribution in [0.4, 0.5) is 0 Å². The highest BCUT2D eigenvalue weighted by atomic mass is 35.5. The largest absolute Gasteiger partial charge is 0.344 e. The summed E-state index contributed by atoms with van der Waals surface area (Å²) in [6.07, 6.45) is 0. The van der Waals surface area contributed by atoms with E-state index in [1.54, 1.807) is 4.90 Å². The van der Waals surface area contributed by atoms with Crippen LogP contribution >= 0.6 is 24.0 Å². The number of hydrogen-bond donors (Lipinski definition) is 1. The van der Waals surface area contributed by atoms with Gasteiger partial charge in [0.1, 0.15) is 0 Å². The van der Waals surface area contributed by atoms with Gasteiger partial charge in [-0.15, -0.1) is 12.4 Å². The van der Waals surface area contributed by atoms with E-state index in [2.05, 4.69) is 5.32 Å². The van der Waals surface area contributed by atoms with Crippen LogP contribution in [0.1, 0.15) is 19.4 Å². The predicted octanol–water partition coefficient (Wildman–Crippen LogP) is 2.72. The molecule has 0 atom stereocenters. The number of halogens is 2. The zero-order chi connectivity index (χ0) is 13.8. The summed E-state index contributed by atoms with van der Waals surface area (Å²) in [5.41, 5.74) is 0.258. The molecule has 0 saturated heterocycles. The number of benzene rings is 1. The fourth-order valence-corrected chi connectivity index (χ4v) is 2.31. The number of rotatable bonds is 5. The number of nitrogens with one attached hydrogen (secondary N) is 1. The Morgan fingerprint density at radius 2 is 1.95 bits per heavy atom. The Hall–Kier alpha value is -0.770. The van der Waals surface area contributed by atoms with E-state index in [1.807, 2.05) is 52.2 Å². The standard InChI is InChI=1S/C14H21ClN2O.ClH/c1-14(2,11-7-5-6-8-12(11)15)13(18)17(4)10-9-16-3;/h5-8,16H,9-10H2,1-4H3;1H. The first-order valence-electron chi connectivity index (χ1n) is 6.06. The van der Waals surface area contributed by atoms with E-state index in [0.29, 0.717) is 11.6 Å². The van der Waals surface area contributed by atoms with Gasteiger partial charge in [0.15, 0.2) is 0 Å². The molecular formula is C14H22Cl2N2O. The number of likely N-dealkylation sites (N-methyl/N-ethyl adjacent to an activating group) is 2. The second-order valence-electron chi connectivity index (χ2n) is 4.94. The maximum atomic E-state index is 12.5. The average Bonchev–Trinajstić information content (AvgIpc) is 2.35. The summed E-state index contributed by atoms with van der Waals surface area (Å²) in [5, 5.41) is 3.67. The van der Waals surface area contributed by atoms with Crippen molar-refractivity contribution >= 4 is 29.9 Å². The van der Waals surface area contributed by atoms with E-state index in [0.717, 1.165) is 12.1 Å². The van der Waals surface area contributed by atoms with Gasteiger partial charge in [0, 0.05) is 25.2 Å². The lowest BCUT2D eigenvalue weighted by Gasteiger charge is -2.30. The molecule has 0 fully saturated rings. The zero-order valence-electron chi connectivity index (χ0n) is 11.9. The van der Waals surface area contributed by atoms with Gasteiger partial charge in [0.05, 0.1) is 5.41 Å². The van der Waals surface area contributed by atoms with Crippen molar-refractivity contribution in [2.45, 2.75) is 19.3 Å². The van der Waals surface area contributed by atoms with Gasteiger partial charge in [-0.05, 0) is 32.5 Å². The lowest BCUT2D eigenvalue weighted by atomic mass is 9.83. The first-order chi connectivity index (χ1) is 8.41. The Kier molecular flexibility index (Phi) is 7.42. The minimum Gasteiger partial charge on any atom is -0.344 e. The van der Waals surface area contributed by atoms with Crippen LogP contribution in [0.5, 0.6) is 0 Å². The minimum absolute atomic E-state index is 0. The van der Waals surface area contributed by atoms with Crippen LogP contribution in [0.2, 0.25) is 5.02 Å². The number of hydrogen-bond acceptors (Lipinski definition) is 2. The second-order valence-corrected chi connectivity index (χ2v) is 5.34. The zero-order valence-corrected chi connectivity index (χ0v) is 13.4. The van der Waals surface area contributed by atoms with E-state index in [-0.39, 0.29) is 18.3 Å². The average molecular weight is 305 g/mol. The molecule has 0 radical (unpaired) electrons. The fraction of sp³-hybridized carbons (Fsp3) is 0.500. The Balaban J connectivity index is 0.00000324. The second kappa shape index (κ2) is 7.73. The molecule has 0 aliphatic carbocycles. The molecule has 0 aliphatic heterocycles. The van der Waals surface area contributed by atoms with Crippen LogP contribution in [-0.4, -0.2) is 38.0 Å². The van der Waals surface area contributed by atoms with Gasteiger partial charge in [-0.1, -0.05) is 29.8 Å². The molecule has 0 saturated carbocycles. The third-order valence-corrected chi connectivity index (χ3v) is 3.46. The molecule has 1 aromatic rings. The van der Waals surface area contributed by atoms with Gasteiger partial charge in [-0.25, -0.2) is 0 Å². The Bertz CT molecular complexity index is 422. The molecule has 0 heterocycles. The maximum absolute atomic E-state index is 12.5. The molecule has 0 aromatic heterocycles. The molecule has 0 spiro atoms. The van der Waals surface area contributed by atoms with Crippen LogP contribution in [0.15, 0.2) is 24.3 Å². The summed E-state index contributed by atoms with van der Waals surface area (Å²) in [6, 6.07) is 7.51. The molecule has 108 valence electrons. The Morgan fingerprint density at radius 3 is 2.47 bits per heavy atom. The quantitative estimate of drug-likeness (QED) is 0.907. The number of carbonyl (C=O) groups is 1. The molecule has 1 aromatic carbocycles.